The first-order valence-corrected chi connectivity index (χ1v) is 12.3. The second-order valence-electron chi connectivity index (χ2n) is 7.12. The van der Waals surface area contributed by atoms with Gasteiger partial charge in [-0.3, -0.25) is 4.99 Å². The second kappa shape index (κ2) is 10.7. The fourth-order valence-corrected chi connectivity index (χ4v) is 4.71. The van der Waals surface area contributed by atoms with Crippen molar-refractivity contribution < 1.29 is 9.84 Å². The van der Waals surface area contributed by atoms with Gasteiger partial charge in [0.1, 0.15) is 4.61 Å². The Morgan fingerprint density at radius 2 is 1.71 bits per heavy atom. The smallest absolute Gasteiger partial charge is 0.164 e. The van der Waals surface area contributed by atoms with Crippen LogP contribution in [0.3, 0.4) is 0 Å². The average Bonchev–Trinajstić information content (AvgIpc) is 3.16. The highest BCUT2D eigenvalue weighted by Gasteiger charge is 2.24. The molecule has 1 N–H and O–H groups in total. The summed E-state index contributed by atoms with van der Waals surface area (Å²) in [4.78, 5) is 8.42. The molecule has 0 radical (unpaired) electrons. The Labute approximate surface area is 200 Å². The van der Waals surface area contributed by atoms with Crippen LogP contribution < -0.4 is 4.74 Å². The lowest BCUT2D eigenvalue weighted by molar-refractivity contribution is 0.366. The van der Waals surface area contributed by atoms with Crippen molar-refractivity contribution in [1.82, 2.24) is 4.90 Å². The number of phenols is 1. The van der Waals surface area contributed by atoms with Gasteiger partial charge in [-0.05, 0) is 57.5 Å². The maximum atomic E-state index is 10.2. The summed E-state index contributed by atoms with van der Waals surface area (Å²) in [5.74, 6) is 0.666. The number of nitrogens with zero attached hydrogens (tertiary/aromatic N) is 2. The van der Waals surface area contributed by atoms with E-state index in [0.717, 1.165) is 23.8 Å². The van der Waals surface area contributed by atoms with Crippen LogP contribution in [0.25, 0.3) is 6.08 Å². The van der Waals surface area contributed by atoms with E-state index in [4.69, 9.17) is 9.73 Å². The Morgan fingerprint density at radius 1 is 1.00 bits per heavy atom. The molecule has 1 fully saturated rings. The summed E-state index contributed by atoms with van der Waals surface area (Å²) in [6.45, 7) is 2.26. The van der Waals surface area contributed by atoms with Crippen molar-refractivity contribution in [2.75, 3.05) is 11.2 Å². The minimum absolute atomic E-state index is 0.160. The molecule has 1 aliphatic rings. The van der Waals surface area contributed by atoms with Crippen LogP contribution in [0.2, 0.25) is 0 Å². The third-order valence-electron chi connectivity index (χ3n) is 4.82. The predicted molar refractivity (Wildman–Crippen MR) is 138 cm³/mol. The summed E-state index contributed by atoms with van der Waals surface area (Å²) in [6.07, 6.45) is 2.11. The molecule has 0 amide bonds. The molecule has 0 aliphatic carbocycles. The van der Waals surface area contributed by atoms with Crippen LogP contribution in [0.15, 0.2) is 88.8 Å². The highest BCUT2D eigenvalue weighted by atomic mass is 127. The van der Waals surface area contributed by atoms with E-state index in [-0.39, 0.29) is 5.75 Å². The third kappa shape index (κ3) is 6.04. The highest BCUT2D eigenvalue weighted by molar-refractivity contribution is 14.1. The molecule has 4 nitrogen and oxygen atoms in total. The largest absolute Gasteiger partial charge is 0.504 e. The maximum Gasteiger partial charge on any atom is 0.164 e. The van der Waals surface area contributed by atoms with E-state index in [9.17, 15) is 5.11 Å². The van der Waals surface area contributed by atoms with Gasteiger partial charge in [0.2, 0.25) is 0 Å². The number of hydrogen-bond acceptors (Lipinski definition) is 4. The molecule has 0 bridgehead atoms. The van der Waals surface area contributed by atoms with Crippen molar-refractivity contribution in [3.05, 3.63) is 100 Å². The molecule has 1 aliphatic heterocycles. The van der Waals surface area contributed by atoms with E-state index in [2.05, 4.69) is 70.0 Å². The fraction of sp³-hybridized carbons (Fsp3) is 0.160. The number of benzene rings is 3. The quantitative estimate of drug-likeness (QED) is 0.281. The first-order valence-electron chi connectivity index (χ1n) is 9.99. The highest BCUT2D eigenvalue weighted by Crippen LogP contribution is 2.34. The summed E-state index contributed by atoms with van der Waals surface area (Å²) in [5, 5.41) is 11.2. The minimum atomic E-state index is 0.160. The van der Waals surface area contributed by atoms with Gasteiger partial charge in [-0.25, -0.2) is 0 Å². The molecule has 0 spiro atoms. The number of hydrogen-bond donors (Lipinski definition) is 1. The van der Waals surface area contributed by atoms with Gasteiger partial charge in [-0.1, -0.05) is 78.5 Å². The molecule has 0 unspecified atom stereocenters. The maximum absolute atomic E-state index is 10.2. The van der Waals surface area contributed by atoms with Crippen molar-refractivity contribution in [3.63, 3.8) is 0 Å². The SMILES string of the molecule is Oc1cc(/C=C2/CN(Cc3ccccc3)/C(=N/Cc3ccccc3)S2)ccc1OCI. The van der Waals surface area contributed by atoms with Crippen LogP contribution in [0.5, 0.6) is 11.5 Å². The van der Waals surface area contributed by atoms with Gasteiger partial charge in [0, 0.05) is 11.4 Å². The molecule has 1 heterocycles. The first-order chi connectivity index (χ1) is 15.2. The Bertz CT molecular complexity index is 1070. The van der Waals surface area contributed by atoms with Crippen LogP contribution >= 0.6 is 34.4 Å². The first kappa shape index (κ1) is 21.8. The molecule has 31 heavy (non-hydrogen) atoms. The van der Waals surface area contributed by atoms with Gasteiger partial charge in [-0.2, -0.15) is 0 Å². The standard InChI is InChI=1S/C25H23IN2O2S/c26-18-30-24-12-11-21(14-23(24)29)13-22-17-28(16-20-9-5-2-6-10-20)25(31-22)27-15-19-7-3-1-4-8-19/h1-14,29H,15-18H2/b22-13-,27-25-. The number of aliphatic imine (C=N–C) groups is 1. The number of phenolic OH excluding ortho intramolecular Hbond substituents is 1. The molecular formula is C25H23IN2O2S. The average molecular weight is 542 g/mol. The van der Waals surface area contributed by atoms with Crippen molar-refractivity contribution in [3.8, 4) is 11.5 Å². The summed E-state index contributed by atoms with van der Waals surface area (Å²) in [7, 11) is 0. The lowest BCUT2D eigenvalue weighted by atomic mass is 10.2. The van der Waals surface area contributed by atoms with E-state index in [1.807, 2.05) is 36.4 Å². The normalized spacial score (nSPS) is 16.2. The fourth-order valence-electron chi connectivity index (χ4n) is 3.34. The molecule has 3 aromatic rings. The van der Waals surface area contributed by atoms with E-state index >= 15 is 0 Å². The van der Waals surface area contributed by atoms with E-state index in [0.29, 0.717) is 16.9 Å². The van der Waals surface area contributed by atoms with Gasteiger partial charge in [0.25, 0.3) is 0 Å². The number of halogens is 1. The topological polar surface area (TPSA) is 45.1 Å². The Balaban J connectivity index is 1.55. The van der Waals surface area contributed by atoms with Crippen LogP contribution in [0, 0.1) is 0 Å². The van der Waals surface area contributed by atoms with Crippen molar-refractivity contribution in [2.24, 2.45) is 4.99 Å². The minimum Gasteiger partial charge on any atom is -0.504 e. The Hall–Kier alpha value is -2.45. The predicted octanol–water partition coefficient (Wildman–Crippen LogP) is 6.31. The van der Waals surface area contributed by atoms with E-state index < -0.39 is 0 Å². The number of amidine groups is 1. The summed E-state index contributed by atoms with van der Waals surface area (Å²) in [5.41, 5.74) is 3.41. The van der Waals surface area contributed by atoms with Crippen LogP contribution in [0.1, 0.15) is 16.7 Å². The lowest BCUT2D eigenvalue weighted by Crippen LogP contribution is -2.23. The molecule has 158 valence electrons. The van der Waals surface area contributed by atoms with Gasteiger partial charge < -0.3 is 14.7 Å². The van der Waals surface area contributed by atoms with Gasteiger partial charge >= 0.3 is 0 Å². The number of alkyl halides is 1. The van der Waals surface area contributed by atoms with Crippen molar-refractivity contribution in [2.45, 2.75) is 13.1 Å². The van der Waals surface area contributed by atoms with Crippen molar-refractivity contribution in [1.29, 1.82) is 0 Å². The zero-order chi connectivity index (χ0) is 21.5. The monoisotopic (exact) mass is 542 g/mol. The Morgan fingerprint density at radius 3 is 2.39 bits per heavy atom. The number of ether oxygens (including phenoxy) is 1. The van der Waals surface area contributed by atoms with Gasteiger partial charge in [0.15, 0.2) is 16.7 Å². The lowest BCUT2D eigenvalue weighted by Gasteiger charge is -2.17. The summed E-state index contributed by atoms with van der Waals surface area (Å²) < 4.78 is 5.92. The van der Waals surface area contributed by atoms with Crippen LogP contribution in [-0.2, 0) is 13.1 Å². The zero-order valence-electron chi connectivity index (χ0n) is 16.9. The number of aromatic hydroxyl groups is 1. The van der Waals surface area contributed by atoms with Gasteiger partial charge in [-0.15, -0.1) is 0 Å². The number of rotatable bonds is 7. The summed E-state index contributed by atoms with van der Waals surface area (Å²) in [6, 6.07) is 26.3. The van der Waals surface area contributed by atoms with Crippen LogP contribution in [-0.4, -0.2) is 26.3 Å². The third-order valence-corrected chi connectivity index (χ3v) is 6.21. The second-order valence-corrected chi connectivity index (χ2v) is 8.84. The van der Waals surface area contributed by atoms with E-state index in [1.165, 1.54) is 16.0 Å². The molecule has 0 aromatic heterocycles. The Kier molecular flexibility index (Phi) is 7.53. The molecule has 4 rings (SSSR count). The molecule has 6 heteroatoms. The summed E-state index contributed by atoms with van der Waals surface area (Å²) >= 11 is 3.81. The van der Waals surface area contributed by atoms with Crippen molar-refractivity contribution >= 4 is 45.6 Å². The van der Waals surface area contributed by atoms with Gasteiger partial charge in [0.05, 0.1) is 13.1 Å². The molecule has 0 saturated carbocycles. The molecule has 0 atom stereocenters. The molecule has 3 aromatic carbocycles. The van der Waals surface area contributed by atoms with Crippen LogP contribution in [0.4, 0.5) is 0 Å². The molecular weight excluding hydrogens is 519 g/mol. The van der Waals surface area contributed by atoms with E-state index in [1.54, 1.807) is 17.8 Å². The number of thioether (sulfide) groups is 1. The zero-order valence-corrected chi connectivity index (χ0v) is 19.9. The molecule has 1 saturated heterocycles.